The molecule has 2 aliphatic carbocycles. The molecule has 0 aromatic carbocycles. The molecule has 4 aromatic heterocycles. The first-order valence-electron chi connectivity index (χ1n) is 12.7. The molecule has 186 valence electrons. The predicted octanol–water partition coefficient (Wildman–Crippen LogP) is 2.97. The van der Waals surface area contributed by atoms with Gasteiger partial charge in [0.15, 0.2) is 5.69 Å². The Morgan fingerprint density at radius 3 is 2.76 bits per heavy atom. The first-order chi connectivity index (χ1) is 18.2. The van der Waals surface area contributed by atoms with Gasteiger partial charge in [-0.05, 0) is 61.8 Å². The van der Waals surface area contributed by atoms with E-state index in [1.54, 1.807) is 23.4 Å². The SMILES string of the molecule is O=C(NCc1ccccn1)c1cn(CCCCc2cc3c(nn2)CC(C2CC2)=C3c2cncnc2)nn1. The van der Waals surface area contributed by atoms with E-state index in [1.807, 2.05) is 30.6 Å². The number of hydrogen-bond donors (Lipinski definition) is 1. The summed E-state index contributed by atoms with van der Waals surface area (Å²) in [5, 5.41) is 20.0. The van der Waals surface area contributed by atoms with Gasteiger partial charge in [0.25, 0.3) is 5.91 Å². The van der Waals surface area contributed by atoms with Crippen molar-refractivity contribution < 1.29 is 4.79 Å². The zero-order valence-corrected chi connectivity index (χ0v) is 20.4. The lowest BCUT2D eigenvalue weighted by molar-refractivity contribution is 0.0945. The summed E-state index contributed by atoms with van der Waals surface area (Å²) < 4.78 is 1.71. The van der Waals surface area contributed by atoms with Crippen molar-refractivity contribution in [1.82, 2.24) is 45.5 Å². The van der Waals surface area contributed by atoms with E-state index in [4.69, 9.17) is 0 Å². The fraction of sp³-hybridized carbons (Fsp3) is 0.333. The molecule has 6 rings (SSSR count). The zero-order chi connectivity index (χ0) is 25.0. The van der Waals surface area contributed by atoms with Gasteiger partial charge in [0.1, 0.15) is 6.33 Å². The molecule has 0 bridgehead atoms. The molecule has 37 heavy (non-hydrogen) atoms. The highest BCUT2D eigenvalue weighted by atomic mass is 16.2. The molecular formula is C27H27N9O. The van der Waals surface area contributed by atoms with Crippen LogP contribution in [0.15, 0.2) is 61.0 Å². The normalized spacial score (nSPS) is 14.6. The number of amides is 1. The molecule has 0 saturated heterocycles. The van der Waals surface area contributed by atoms with Crippen LogP contribution in [0, 0.1) is 5.92 Å². The summed E-state index contributed by atoms with van der Waals surface area (Å²) in [7, 11) is 0. The molecule has 1 N–H and O–H groups in total. The summed E-state index contributed by atoms with van der Waals surface area (Å²) in [5.74, 6) is 0.390. The number of unbranched alkanes of at least 4 members (excludes halogenated alkanes) is 1. The van der Waals surface area contributed by atoms with Crippen LogP contribution in [0.4, 0.5) is 0 Å². The Morgan fingerprint density at radius 1 is 1.05 bits per heavy atom. The van der Waals surface area contributed by atoms with Crippen LogP contribution in [0.3, 0.4) is 0 Å². The molecule has 0 unspecified atom stereocenters. The van der Waals surface area contributed by atoms with E-state index in [0.717, 1.165) is 48.3 Å². The molecule has 10 nitrogen and oxygen atoms in total. The highest BCUT2D eigenvalue weighted by molar-refractivity contribution is 5.91. The van der Waals surface area contributed by atoms with Gasteiger partial charge < -0.3 is 5.32 Å². The van der Waals surface area contributed by atoms with Gasteiger partial charge in [0.2, 0.25) is 0 Å². The van der Waals surface area contributed by atoms with E-state index in [2.05, 4.69) is 46.8 Å². The number of nitrogens with zero attached hydrogens (tertiary/aromatic N) is 8. The highest BCUT2D eigenvalue weighted by Crippen LogP contribution is 2.47. The summed E-state index contributed by atoms with van der Waals surface area (Å²) in [4.78, 5) is 25.0. The first-order valence-corrected chi connectivity index (χ1v) is 12.7. The van der Waals surface area contributed by atoms with Gasteiger partial charge in [0, 0.05) is 42.7 Å². The number of carbonyl (C=O) groups excluding carboxylic acids is 1. The lowest BCUT2D eigenvalue weighted by atomic mass is 9.98. The number of carbonyl (C=O) groups is 1. The number of hydrogen-bond acceptors (Lipinski definition) is 8. The van der Waals surface area contributed by atoms with E-state index >= 15 is 0 Å². The zero-order valence-electron chi connectivity index (χ0n) is 20.4. The maximum atomic E-state index is 12.4. The molecule has 4 aromatic rings. The quantitative estimate of drug-likeness (QED) is 0.334. The van der Waals surface area contributed by atoms with Crippen LogP contribution in [0.2, 0.25) is 0 Å². The molecule has 2 aliphatic rings. The van der Waals surface area contributed by atoms with Crippen molar-refractivity contribution >= 4 is 11.5 Å². The van der Waals surface area contributed by atoms with E-state index in [9.17, 15) is 4.79 Å². The van der Waals surface area contributed by atoms with Gasteiger partial charge >= 0.3 is 0 Å². The summed E-state index contributed by atoms with van der Waals surface area (Å²) in [6.07, 6.45) is 14.7. The van der Waals surface area contributed by atoms with Gasteiger partial charge in [-0.2, -0.15) is 10.2 Å². The average molecular weight is 494 g/mol. The molecule has 0 spiro atoms. The van der Waals surface area contributed by atoms with Crippen molar-refractivity contribution in [3.63, 3.8) is 0 Å². The fourth-order valence-corrected chi connectivity index (χ4v) is 4.77. The molecule has 0 aliphatic heterocycles. The third kappa shape index (κ3) is 5.28. The van der Waals surface area contributed by atoms with Gasteiger partial charge in [-0.25, -0.2) is 9.97 Å². The maximum absolute atomic E-state index is 12.4. The largest absolute Gasteiger partial charge is 0.345 e. The average Bonchev–Trinajstić information content (AvgIpc) is 3.56. The van der Waals surface area contributed by atoms with E-state index in [0.29, 0.717) is 24.7 Å². The van der Waals surface area contributed by atoms with E-state index in [-0.39, 0.29) is 5.91 Å². The Hall–Kier alpha value is -4.34. The summed E-state index contributed by atoms with van der Waals surface area (Å²) in [5.41, 5.74) is 8.09. The monoisotopic (exact) mass is 493 g/mol. The number of allylic oxidation sites excluding steroid dienone is 1. The van der Waals surface area contributed by atoms with Crippen LogP contribution >= 0.6 is 0 Å². The van der Waals surface area contributed by atoms with E-state index < -0.39 is 0 Å². The minimum Gasteiger partial charge on any atom is -0.345 e. The molecule has 0 atom stereocenters. The van der Waals surface area contributed by atoms with Gasteiger partial charge in [-0.3, -0.25) is 14.5 Å². The summed E-state index contributed by atoms with van der Waals surface area (Å²) >= 11 is 0. The molecule has 10 heteroatoms. The highest BCUT2D eigenvalue weighted by Gasteiger charge is 2.35. The Bertz CT molecular complexity index is 1430. The first kappa shape index (κ1) is 23.1. The minimum atomic E-state index is -0.261. The standard InChI is InChI=1S/C27H27N9O/c37-27(31-15-21-6-1-3-9-30-21)25-16-36(35-34-25)10-4-2-5-20-11-23-24(33-32-20)12-22(18-7-8-18)26(23)19-13-28-17-29-14-19/h1,3,6,9,11,13-14,16-18H,2,4-5,7-8,10,12,15H2,(H,31,37). The third-order valence-electron chi connectivity index (χ3n) is 6.79. The second-order valence-electron chi connectivity index (χ2n) is 9.50. The van der Waals surface area contributed by atoms with Crippen molar-refractivity contribution in [2.45, 2.75) is 51.6 Å². The lowest BCUT2D eigenvalue weighted by Crippen LogP contribution is -2.23. The summed E-state index contributed by atoms with van der Waals surface area (Å²) in [6.45, 7) is 1.03. The smallest absolute Gasteiger partial charge is 0.273 e. The Kier molecular flexibility index (Phi) is 6.45. The van der Waals surface area contributed by atoms with Gasteiger partial charge in [-0.15, -0.1) is 5.10 Å². The number of fused-ring (bicyclic) bond motifs is 1. The molecule has 1 saturated carbocycles. The van der Waals surface area contributed by atoms with Crippen LogP contribution in [0.1, 0.15) is 64.4 Å². The summed E-state index contributed by atoms with van der Waals surface area (Å²) in [6, 6.07) is 7.78. The van der Waals surface area contributed by atoms with Crippen molar-refractivity contribution in [3.05, 3.63) is 94.9 Å². The van der Waals surface area contributed by atoms with Crippen LogP contribution in [-0.4, -0.2) is 46.1 Å². The molecular weight excluding hydrogens is 466 g/mol. The second-order valence-corrected chi connectivity index (χ2v) is 9.50. The maximum Gasteiger partial charge on any atom is 0.273 e. The number of aromatic nitrogens is 8. The van der Waals surface area contributed by atoms with Gasteiger partial charge in [0.05, 0.1) is 29.8 Å². The molecule has 1 fully saturated rings. The van der Waals surface area contributed by atoms with Crippen LogP contribution in [0.5, 0.6) is 0 Å². The number of aryl methyl sites for hydroxylation is 2. The molecule has 0 radical (unpaired) electrons. The lowest BCUT2D eigenvalue weighted by Gasteiger charge is -2.08. The Balaban J connectivity index is 1.04. The van der Waals surface area contributed by atoms with Crippen molar-refractivity contribution in [2.24, 2.45) is 5.92 Å². The molecule has 1 amide bonds. The topological polar surface area (TPSA) is 124 Å². The number of pyridine rings is 1. The van der Waals surface area contributed by atoms with Crippen LogP contribution in [0.25, 0.3) is 5.57 Å². The fourth-order valence-electron chi connectivity index (χ4n) is 4.77. The Labute approximate surface area is 214 Å². The van der Waals surface area contributed by atoms with Crippen molar-refractivity contribution in [1.29, 1.82) is 0 Å². The van der Waals surface area contributed by atoms with Crippen LogP contribution < -0.4 is 5.32 Å². The van der Waals surface area contributed by atoms with Crippen molar-refractivity contribution in [2.75, 3.05) is 0 Å². The van der Waals surface area contributed by atoms with E-state index in [1.165, 1.54) is 29.6 Å². The third-order valence-corrected chi connectivity index (χ3v) is 6.79. The molecule has 4 heterocycles. The van der Waals surface area contributed by atoms with Gasteiger partial charge in [-0.1, -0.05) is 16.9 Å². The minimum absolute atomic E-state index is 0.261. The number of nitrogens with one attached hydrogen (secondary N) is 1. The number of rotatable bonds is 10. The Morgan fingerprint density at radius 2 is 1.95 bits per heavy atom. The van der Waals surface area contributed by atoms with Crippen molar-refractivity contribution in [3.8, 4) is 0 Å². The van der Waals surface area contributed by atoms with Crippen LogP contribution in [-0.2, 0) is 25.9 Å². The predicted molar refractivity (Wildman–Crippen MR) is 135 cm³/mol. The second kappa shape index (κ2) is 10.3.